The third kappa shape index (κ3) is 4.67. The Hall–Kier alpha value is -2.19. The van der Waals surface area contributed by atoms with E-state index in [1.54, 1.807) is 6.07 Å². The summed E-state index contributed by atoms with van der Waals surface area (Å²) in [5.41, 5.74) is 0.989. The van der Waals surface area contributed by atoms with Crippen LogP contribution >= 0.6 is 11.6 Å². The van der Waals surface area contributed by atoms with E-state index in [0.717, 1.165) is 5.56 Å². The average molecular weight is 381 g/mol. The fourth-order valence-electron chi connectivity index (χ4n) is 2.55. The Labute approximate surface area is 150 Å². The molecular formula is C16H17ClN4O3S. The molecule has 1 saturated heterocycles. The minimum Gasteiger partial charge on any atom is -0.365 e. The molecule has 1 aliphatic rings. The van der Waals surface area contributed by atoms with Gasteiger partial charge in [-0.2, -0.15) is 0 Å². The van der Waals surface area contributed by atoms with Crippen molar-refractivity contribution in [1.82, 2.24) is 15.3 Å². The lowest BCUT2D eigenvalue weighted by Crippen LogP contribution is -2.25. The van der Waals surface area contributed by atoms with Gasteiger partial charge in [-0.1, -0.05) is 29.8 Å². The van der Waals surface area contributed by atoms with Crippen LogP contribution in [-0.4, -0.2) is 41.8 Å². The maximum atomic E-state index is 12.1. The summed E-state index contributed by atoms with van der Waals surface area (Å²) in [5, 5.41) is 6.34. The molecule has 1 fully saturated rings. The molecule has 3 rings (SSSR count). The van der Waals surface area contributed by atoms with Gasteiger partial charge in [0.05, 0.1) is 23.9 Å². The monoisotopic (exact) mass is 380 g/mol. The van der Waals surface area contributed by atoms with Crippen LogP contribution in [0.1, 0.15) is 22.5 Å². The van der Waals surface area contributed by atoms with E-state index < -0.39 is 9.84 Å². The number of rotatable bonds is 5. The number of aromatic nitrogens is 2. The van der Waals surface area contributed by atoms with Crippen LogP contribution < -0.4 is 10.6 Å². The fourth-order valence-corrected chi connectivity index (χ4v) is 4.42. The van der Waals surface area contributed by atoms with Crippen molar-refractivity contribution in [2.75, 3.05) is 16.8 Å². The molecule has 0 spiro atoms. The van der Waals surface area contributed by atoms with Gasteiger partial charge in [-0.15, -0.1) is 0 Å². The SMILES string of the molecule is O=C(NCc1ccccc1Cl)c1cnc(NC2CCS(=O)(=O)C2)cn1. The van der Waals surface area contributed by atoms with Crippen LogP contribution in [0.2, 0.25) is 5.02 Å². The van der Waals surface area contributed by atoms with E-state index >= 15 is 0 Å². The van der Waals surface area contributed by atoms with Gasteiger partial charge >= 0.3 is 0 Å². The molecule has 7 nitrogen and oxygen atoms in total. The summed E-state index contributed by atoms with van der Waals surface area (Å²) < 4.78 is 22.9. The Morgan fingerprint density at radius 1 is 1.24 bits per heavy atom. The highest BCUT2D eigenvalue weighted by atomic mass is 35.5. The molecular weight excluding hydrogens is 364 g/mol. The maximum absolute atomic E-state index is 12.1. The third-order valence-corrected chi connectivity index (χ3v) is 6.00. The van der Waals surface area contributed by atoms with Crippen LogP contribution in [0.3, 0.4) is 0 Å². The van der Waals surface area contributed by atoms with Crippen molar-refractivity contribution in [2.24, 2.45) is 0 Å². The summed E-state index contributed by atoms with van der Waals surface area (Å²) in [5.74, 6) is 0.363. The van der Waals surface area contributed by atoms with Crippen molar-refractivity contribution in [1.29, 1.82) is 0 Å². The number of anilines is 1. The number of nitrogens with zero attached hydrogens (tertiary/aromatic N) is 2. The first-order valence-corrected chi connectivity index (χ1v) is 9.93. The third-order valence-electron chi connectivity index (χ3n) is 3.87. The summed E-state index contributed by atoms with van der Waals surface area (Å²) >= 11 is 6.05. The summed E-state index contributed by atoms with van der Waals surface area (Å²) in [6.07, 6.45) is 3.33. The first-order chi connectivity index (χ1) is 11.9. The van der Waals surface area contributed by atoms with Gasteiger partial charge in [-0.25, -0.2) is 18.4 Å². The molecule has 0 saturated carbocycles. The first kappa shape index (κ1) is 17.6. The summed E-state index contributed by atoms with van der Waals surface area (Å²) in [6.45, 7) is 0.292. The smallest absolute Gasteiger partial charge is 0.271 e. The van der Waals surface area contributed by atoms with Crippen molar-refractivity contribution in [3.63, 3.8) is 0 Å². The fraction of sp³-hybridized carbons (Fsp3) is 0.312. The van der Waals surface area contributed by atoms with Gasteiger partial charge < -0.3 is 10.6 Å². The number of carbonyl (C=O) groups is 1. The number of sulfone groups is 1. The Bertz CT molecular complexity index is 871. The molecule has 1 amide bonds. The van der Waals surface area contributed by atoms with Crippen molar-refractivity contribution in [2.45, 2.75) is 19.0 Å². The number of halogens is 1. The van der Waals surface area contributed by atoms with E-state index in [1.807, 2.05) is 18.2 Å². The van der Waals surface area contributed by atoms with Crippen LogP contribution in [0.25, 0.3) is 0 Å². The van der Waals surface area contributed by atoms with Crippen molar-refractivity contribution in [3.05, 3.63) is 52.9 Å². The zero-order chi connectivity index (χ0) is 17.9. The number of hydrogen-bond acceptors (Lipinski definition) is 6. The zero-order valence-electron chi connectivity index (χ0n) is 13.3. The highest BCUT2D eigenvalue weighted by Gasteiger charge is 2.27. The van der Waals surface area contributed by atoms with Crippen LogP contribution in [0, 0.1) is 0 Å². The Morgan fingerprint density at radius 3 is 2.68 bits per heavy atom. The van der Waals surface area contributed by atoms with Gasteiger partial charge in [0.15, 0.2) is 9.84 Å². The Morgan fingerprint density at radius 2 is 2.04 bits per heavy atom. The summed E-state index contributed by atoms with van der Waals surface area (Å²) in [6, 6.07) is 7.08. The molecule has 1 atom stereocenters. The number of benzene rings is 1. The quantitative estimate of drug-likeness (QED) is 0.818. The van der Waals surface area contributed by atoms with Crippen molar-refractivity contribution < 1.29 is 13.2 Å². The molecule has 2 heterocycles. The normalized spacial score (nSPS) is 18.7. The van der Waals surface area contributed by atoms with Gasteiger partial charge in [0.1, 0.15) is 11.5 Å². The summed E-state index contributed by atoms with van der Waals surface area (Å²) in [4.78, 5) is 20.3. The van der Waals surface area contributed by atoms with Crippen LogP contribution in [0.15, 0.2) is 36.7 Å². The second kappa shape index (κ2) is 7.37. The maximum Gasteiger partial charge on any atom is 0.271 e. The van der Waals surface area contributed by atoms with E-state index in [1.165, 1.54) is 12.4 Å². The molecule has 0 aliphatic carbocycles. The van der Waals surface area contributed by atoms with Crippen LogP contribution in [0.4, 0.5) is 5.82 Å². The molecule has 1 aliphatic heterocycles. The first-order valence-electron chi connectivity index (χ1n) is 7.73. The number of nitrogens with one attached hydrogen (secondary N) is 2. The summed E-state index contributed by atoms with van der Waals surface area (Å²) in [7, 11) is -2.96. The number of carbonyl (C=O) groups excluding carboxylic acids is 1. The molecule has 2 aromatic rings. The topological polar surface area (TPSA) is 101 Å². The standard InChI is InChI=1S/C16H17ClN4O3S/c17-13-4-2-1-3-11(13)7-20-16(22)14-8-19-15(9-18-14)21-12-5-6-25(23,24)10-12/h1-4,8-9,12H,5-7,10H2,(H,19,21)(H,20,22). The Balaban J connectivity index is 1.56. The molecule has 9 heteroatoms. The second-order valence-corrected chi connectivity index (χ2v) is 8.44. The van der Waals surface area contributed by atoms with Gasteiger partial charge in [0.2, 0.25) is 0 Å². The van der Waals surface area contributed by atoms with Crippen molar-refractivity contribution >= 4 is 33.2 Å². The molecule has 1 aromatic carbocycles. The average Bonchev–Trinajstić information content (AvgIpc) is 2.93. The largest absolute Gasteiger partial charge is 0.365 e. The van der Waals surface area contributed by atoms with E-state index in [-0.39, 0.29) is 29.1 Å². The van der Waals surface area contributed by atoms with Gasteiger partial charge in [0.25, 0.3) is 5.91 Å². The zero-order valence-corrected chi connectivity index (χ0v) is 14.8. The molecule has 25 heavy (non-hydrogen) atoms. The van der Waals surface area contributed by atoms with Gasteiger partial charge in [-0.3, -0.25) is 4.79 Å². The van der Waals surface area contributed by atoms with Gasteiger partial charge in [-0.05, 0) is 18.1 Å². The van der Waals surface area contributed by atoms with E-state index in [2.05, 4.69) is 20.6 Å². The van der Waals surface area contributed by atoms with Gasteiger partial charge in [0, 0.05) is 17.6 Å². The lowest BCUT2D eigenvalue weighted by molar-refractivity contribution is 0.0945. The van der Waals surface area contributed by atoms with E-state index in [9.17, 15) is 13.2 Å². The minimum absolute atomic E-state index is 0.0920. The highest BCUT2D eigenvalue weighted by Crippen LogP contribution is 2.16. The molecule has 2 N–H and O–H groups in total. The van der Waals surface area contributed by atoms with Crippen molar-refractivity contribution in [3.8, 4) is 0 Å². The molecule has 0 radical (unpaired) electrons. The van der Waals surface area contributed by atoms with Crippen LogP contribution in [-0.2, 0) is 16.4 Å². The Kier molecular flexibility index (Phi) is 5.19. The number of hydrogen-bond donors (Lipinski definition) is 2. The lowest BCUT2D eigenvalue weighted by Gasteiger charge is -2.11. The molecule has 1 unspecified atom stereocenters. The van der Waals surface area contributed by atoms with Crippen LogP contribution in [0.5, 0.6) is 0 Å². The second-order valence-electron chi connectivity index (χ2n) is 5.81. The predicted molar refractivity (Wildman–Crippen MR) is 95.3 cm³/mol. The van der Waals surface area contributed by atoms with E-state index in [4.69, 9.17) is 11.6 Å². The predicted octanol–water partition coefficient (Wildman–Crippen LogP) is 1.66. The molecule has 0 bridgehead atoms. The molecule has 1 aromatic heterocycles. The molecule has 132 valence electrons. The lowest BCUT2D eigenvalue weighted by atomic mass is 10.2. The van der Waals surface area contributed by atoms with E-state index in [0.29, 0.717) is 23.8 Å². The minimum atomic E-state index is -2.96. The highest BCUT2D eigenvalue weighted by molar-refractivity contribution is 7.91. The number of amides is 1.